The molecule has 0 radical (unpaired) electrons. The fraction of sp³-hybridized carbons (Fsp3) is 0.429. The first-order chi connectivity index (χ1) is 10.7. The largest absolute Gasteiger partial charge is 0.481 e. The van der Waals surface area contributed by atoms with Gasteiger partial charge in [0.05, 0.1) is 26.0 Å². The first-order valence-corrected chi connectivity index (χ1v) is 6.89. The van der Waals surface area contributed by atoms with E-state index in [9.17, 15) is 4.79 Å². The second-order valence-corrected chi connectivity index (χ2v) is 4.83. The lowest BCUT2D eigenvalue weighted by Gasteiger charge is -2.18. The van der Waals surface area contributed by atoms with Crippen LogP contribution in [0.1, 0.15) is 21.8 Å². The molecule has 3 rings (SSSR count). The van der Waals surface area contributed by atoms with E-state index >= 15 is 0 Å². The van der Waals surface area contributed by atoms with Gasteiger partial charge < -0.3 is 18.9 Å². The summed E-state index contributed by atoms with van der Waals surface area (Å²) >= 11 is 0. The minimum atomic E-state index is -0.212. The van der Waals surface area contributed by atoms with Crippen molar-refractivity contribution in [1.29, 1.82) is 0 Å². The number of hydrogen-bond acceptors (Lipinski definition) is 7. The van der Waals surface area contributed by atoms with Gasteiger partial charge in [-0.2, -0.15) is 0 Å². The van der Waals surface area contributed by atoms with Crippen molar-refractivity contribution in [3.05, 3.63) is 29.4 Å². The molecule has 0 fully saturated rings. The molecular formula is C14H16N4O4. The summed E-state index contributed by atoms with van der Waals surface area (Å²) in [7, 11) is 3.05. The quantitative estimate of drug-likeness (QED) is 0.825. The normalized spacial score (nSPS) is 14.2. The van der Waals surface area contributed by atoms with Gasteiger partial charge in [0.15, 0.2) is 0 Å². The highest BCUT2D eigenvalue weighted by molar-refractivity contribution is 5.91. The minimum Gasteiger partial charge on any atom is -0.481 e. The zero-order valence-corrected chi connectivity index (χ0v) is 12.4. The summed E-state index contributed by atoms with van der Waals surface area (Å²) in [5.41, 5.74) is 1.87. The Kier molecular flexibility index (Phi) is 3.90. The fourth-order valence-electron chi connectivity index (χ4n) is 2.49. The molecule has 0 N–H and O–H groups in total. The molecule has 8 heteroatoms. The molecule has 1 aliphatic rings. The van der Waals surface area contributed by atoms with Crippen LogP contribution in [0.25, 0.3) is 0 Å². The number of rotatable bonds is 3. The van der Waals surface area contributed by atoms with Crippen LogP contribution in [0, 0.1) is 0 Å². The molecule has 0 spiro atoms. The minimum absolute atomic E-state index is 0.167. The molecule has 0 aromatic carbocycles. The second kappa shape index (κ2) is 6.00. The van der Waals surface area contributed by atoms with Crippen molar-refractivity contribution in [2.24, 2.45) is 0 Å². The fourth-order valence-corrected chi connectivity index (χ4v) is 2.49. The number of amides is 1. The zero-order chi connectivity index (χ0) is 15.5. The summed E-state index contributed by atoms with van der Waals surface area (Å²) in [4.78, 5) is 22.6. The van der Waals surface area contributed by atoms with Gasteiger partial charge in [-0.05, 0) is 11.6 Å². The monoisotopic (exact) mass is 304 g/mol. The van der Waals surface area contributed by atoms with E-state index in [1.807, 2.05) is 0 Å². The number of methoxy groups -OCH3 is 2. The number of fused-ring (bicyclic) bond motifs is 1. The van der Waals surface area contributed by atoms with Crippen molar-refractivity contribution in [1.82, 2.24) is 20.0 Å². The maximum absolute atomic E-state index is 12.5. The first kappa shape index (κ1) is 14.3. The van der Waals surface area contributed by atoms with E-state index in [1.165, 1.54) is 19.5 Å². The molecular weight excluding hydrogens is 288 g/mol. The number of carbonyl (C=O) groups excluding carboxylic acids is 1. The van der Waals surface area contributed by atoms with Gasteiger partial charge >= 0.3 is 0 Å². The molecule has 1 amide bonds. The van der Waals surface area contributed by atoms with E-state index in [-0.39, 0.29) is 17.5 Å². The maximum atomic E-state index is 12.5. The maximum Gasteiger partial charge on any atom is 0.292 e. The molecule has 1 aliphatic heterocycles. The predicted molar refractivity (Wildman–Crippen MR) is 75.0 cm³/mol. The molecule has 2 aromatic heterocycles. The third-order valence-corrected chi connectivity index (χ3v) is 3.63. The van der Waals surface area contributed by atoms with Crippen LogP contribution < -0.4 is 9.47 Å². The third kappa shape index (κ3) is 2.59. The number of hydrogen-bond donors (Lipinski definition) is 0. The predicted octanol–water partition coefficient (Wildman–Crippen LogP) is 0.723. The SMILES string of the molecule is COc1cc(C(=O)N2CCc3ncnc(OC)c3CC2)on1. The van der Waals surface area contributed by atoms with Crippen LogP contribution >= 0.6 is 0 Å². The highest BCUT2D eigenvalue weighted by Crippen LogP contribution is 2.23. The van der Waals surface area contributed by atoms with E-state index in [1.54, 1.807) is 12.0 Å². The standard InChI is InChI=1S/C14H16N4O4/c1-20-12-7-11(22-17-12)14(19)18-5-3-9-10(4-6-18)15-8-16-13(9)21-2/h7-8H,3-6H2,1-2H3. The van der Waals surface area contributed by atoms with Crippen LogP contribution in [0.15, 0.2) is 16.9 Å². The van der Waals surface area contributed by atoms with E-state index < -0.39 is 0 Å². The average Bonchev–Trinajstić information content (AvgIpc) is 2.93. The van der Waals surface area contributed by atoms with Crippen molar-refractivity contribution in [2.75, 3.05) is 27.3 Å². The Morgan fingerprint density at radius 2 is 2.05 bits per heavy atom. The number of aromatic nitrogens is 3. The third-order valence-electron chi connectivity index (χ3n) is 3.63. The van der Waals surface area contributed by atoms with Crippen LogP contribution in [0.3, 0.4) is 0 Å². The summed E-state index contributed by atoms with van der Waals surface area (Å²) in [5, 5.41) is 3.65. The Morgan fingerprint density at radius 3 is 2.77 bits per heavy atom. The summed E-state index contributed by atoms with van der Waals surface area (Å²) in [6.45, 7) is 1.09. The summed E-state index contributed by atoms with van der Waals surface area (Å²) in [6.07, 6.45) is 2.76. The topological polar surface area (TPSA) is 90.6 Å². The molecule has 0 unspecified atom stereocenters. The van der Waals surface area contributed by atoms with Gasteiger partial charge in [-0.15, -0.1) is 0 Å². The van der Waals surface area contributed by atoms with E-state index in [4.69, 9.17) is 14.0 Å². The molecule has 0 bridgehead atoms. The van der Waals surface area contributed by atoms with Crippen LogP contribution in [-0.2, 0) is 12.8 Å². The Bertz CT molecular complexity index is 685. The highest BCUT2D eigenvalue weighted by Gasteiger charge is 2.25. The lowest BCUT2D eigenvalue weighted by molar-refractivity contribution is 0.0720. The molecule has 0 saturated heterocycles. The Labute approximate surface area is 127 Å². The van der Waals surface area contributed by atoms with E-state index in [0.717, 1.165) is 11.3 Å². The van der Waals surface area contributed by atoms with E-state index in [2.05, 4.69) is 15.1 Å². The van der Waals surface area contributed by atoms with Gasteiger partial charge in [-0.3, -0.25) is 4.79 Å². The van der Waals surface area contributed by atoms with Gasteiger partial charge in [0.2, 0.25) is 11.6 Å². The second-order valence-electron chi connectivity index (χ2n) is 4.83. The lowest BCUT2D eigenvalue weighted by atomic mass is 10.1. The van der Waals surface area contributed by atoms with Crippen molar-refractivity contribution >= 4 is 5.91 Å². The molecule has 0 atom stereocenters. The first-order valence-electron chi connectivity index (χ1n) is 6.89. The van der Waals surface area contributed by atoms with Gasteiger partial charge in [-0.25, -0.2) is 9.97 Å². The molecule has 8 nitrogen and oxygen atoms in total. The van der Waals surface area contributed by atoms with Crippen LogP contribution in [0.5, 0.6) is 11.8 Å². The molecule has 0 saturated carbocycles. The van der Waals surface area contributed by atoms with Gasteiger partial charge in [0.1, 0.15) is 6.33 Å². The number of ether oxygens (including phenoxy) is 2. The zero-order valence-electron chi connectivity index (χ0n) is 12.4. The molecule has 22 heavy (non-hydrogen) atoms. The summed E-state index contributed by atoms with van der Waals surface area (Å²) in [5.74, 6) is 0.811. The van der Waals surface area contributed by atoms with Crippen LogP contribution in [0.4, 0.5) is 0 Å². The van der Waals surface area contributed by atoms with Gasteiger partial charge in [-0.1, -0.05) is 0 Å². The number of nitrogens with zero attached hydrogens (tertiary/aromatic N) is 4. The van der Waals surface area contributed by atoms with Crippen molar-refractivity contribution in [3.8, 4) is 11.8 Å². The average molecular weight is 304 g/mol. The lowest BCUT2D eigenvalue weighted by Crippen LogP contribution is -2.33. The number of carbonyl (C=O) groups is 1. The van der Waals surface area contributed by atoms with Crippen molar-refractivity contribution < 1.29 is 18.8 Å². The smallest absolute Gasteiger partial charge is 0.292 e. The van der Waals surface area contributed by atoms with Gasteiger partial charge in [0, 0.05) is 25.1 Å². The molecule has 2 aromatic rings. The Hall–Kier alpha value is -2.64. The summed E-state index contributed by atoms with van der Waals surface area (Å²) in [6, 6.07) is 1.49. The highest BCUT2D eigenvalue weighted by atomic mass is 16.5. The molecule has 3 heterocycles. The summed E-state index contributed by atoms with van der Waals surface area (Å²) < 4.78 is 15.2. The van der Waals surface area contributed by atoms with Crippen molar-refractivity contribution in [2.45, 2.75) is 12.8 Å². The van der Waals surface area contributed by atoms with E-state index in [0.29, 0.717) is 31.8 Å². The van der Waals surface area contributed by atoms with Crippen LogP contribution in [0.2, 0.25) is 0 Å². The Morgan fingerprint density at radius 1 is 1.23 bits per heavy atom. The Balaban J connectivity index is 1.78. The van der Waals surface area contributed by atoms with Crippen molar-refractivity contribution in [3.63, 3.8) is 0 Å². The molecule has 0 aliphatic carbocycles. The van der Waals surface area contributed by atoms with Crippen LogP contribution in [-0.4, -0.2) is 53.2 Å². The molecule has 116 valence electrons. The van der Waals surface area contributed by atoms with Gasteiger partial charge in [0.25, 0.3) is 11.8 Å².